The smallest absolute Gasteiger partial charge is 0.254 e. The molecule has 8 heteroatoms. The predicted octanol–water partition coefficient (Wildman–Crippen LogP) is 6.92. The zero-order valence-corrected chi connectivity index (χ0v) is 24.3. The molecule has 1 aliphatic heterocycles. The van der Waals surface area contributed by atoms with E-state index in [0.29, 0.717) is 26.6 Å². The van der Waals surface area contributed by atoms with Gasteiger partial charge in [0.1, 0.15) is 6.61 Å². The number of methoxy groups -OCH3 is 1. The number of halogens is 2. The third-order valence-corrected chi connectivity index (χ3v) is 9.29. The maximum absolute atomic E-state index is 13.8. The molecule has 0 aromatic heterocycles. The average molecular weight is 628 g/mol. The molecule has 6 nitrogen and oxygen atoms in total. The van der Waals surface area contributed by atoms with Crippen LogP contribution in [0.25, 0.3) is 0 Å². The minimum Gasteiger partial charge on any atom is -0.493 e. The molecule has 2 atom stereocenters. The van der Waals surface area contributed by atoms with E-state index in [2.05, 4.69) is 45.3 Å². The number of hydrogen-bond acceptors (Lipinski definition) is 5. The molecule has 0 radical (unpaired) electrons. The van der Waals surface area contributed by atoms with Gasteiger partial charge in [0.25, 0.3) is 11.8 Å². The zero-order chi connectivity index (χ0) is 28.2. The molecule has 4 aromatic rings. The van der Waals surface area contributed by atoms with Crippen molar-refractivity contribution in [3.63, 3.8) is 0 Å². The first kappa shape index (κ1) is 26.0. The van der Waals surface area contributed by atoms with E-state index < -0.39 is 11.8 Å². The van der Waals surface area contributed by atoms with Gasteiger partial charge in [-0.2, -0.15) is 10.1 Å². The Hall–Kier alpha value is -3.94. The lowest BCUT2D eigenvalue weighted by atomic mass is 9.55. The number of rotatable bonds is 6. The lowest BCUT2D eigenvalue weighted by Gasteiger charge is -2.45. The van der Waals surface area contributed by atoms with Crippen molar-refractivity contribution in [3.05, 3.63) is 128 Å². The van der Waals surface area contributed by atoms with Gasteiger partial charge in [-0.15, -0.1) is 0 Å². The Bertz CT molecular complexity index is 1640. The second-order valence-electron chi connectivity index (χ2n) is 10.4. The van der Waals surface area contributed by atoms with Gasteiger partial charge in [-0.3, -0.25) is 9.59 Å². The molecule has 4 aromatic carbocycles. The number of hydrazone groups is 1. The van der Waals surface area contributed by atoms with E-state index in [1.165, 1.54) is 6.21 Å². The first-order valence-electron chi connectivity index (χ1n) is 13.3. The average Bonchev–Trinajstić information content (AvgIpc) is 3.25. The van der Waals surface area contributed by atoms with Crippen LogP contribution in [0.3, 0.4) is 0 Å². The lowest BCUT2D eigenvalue weighted by molar-refractivity contribution is -0.139. The van der Waals surface area contributed by atoms with E-state index in [9.17, 15) is 9.59 Å². The highest BCUT2D eigenvalue weighted by atomic mass is 79.9. The fourth-order valence-corrected chi connectivity index (χ4v) is 7.38. The zero-order valence-electron chi connectivity index (χ0n) is 22.0. The summed E-state index contributed by atoms with van der Waals surface area (Å²) in [6.45, 7) is 0.259. The number of hydrogen-bond donors (Lipinski definition) is 0. The summed E-state index contributed by atoms with van der Waals surface area (Å²) in [4.78, 5) is 27.6. The highest BCUT2D eigenvalue weighted by Crippen LogP contribution is 2.61. The highest BCUT2D eigenvalue weighted by Gasteiger charge is 2.61. The Morgan fingerprint density at radius 3 is 1.93 bits per heavy atom. The molecule has 0 N–H and O–H groups in total. The SMILES string of the molecule is COc1cc(/C=N\N2C(=O)[C@@H]3C4c5ccccc5C(c5ccccc54)[C@H]3C2=O)cc(Br)c1OCc1ccccc1Cl. The summed E-state index contributed by atoms with van der Waals surface area (Å²) in [6, 6.07) is 27.4. The van der Waals surface area contributed by atoms with E-state index in [-0.39, 0.29) is 30.3 Å². The summed E-state index contributed by atoms with van der Waals surface area (Å²) in [5, 5.41) is 6.11. The van der Waals surface area contributed by atoms with Crippen molar-refractivity contribution in [2.24, 2.45) is 16.9 Å². The maximum atomic E-state index is 13.8. The van der Waals surface area contributed by atoms with Gasteiger partial charge in [0.15, 0.2) is 11.5 Å². The molecule has 1 heterocycles. The van der Waals surface area contributed by atoms with Gasteiger partial charge in [0, 0.05) is 22.4 Å². The Balaban J connectivity index is 1.18. The topological polar surface area (TPSA) is 68.2 Å². The fraction of sp³-hybridized carbons (Fsp3) is 0.182. The number of benzene rings is 4. The summed E-state index contributed by atoms with van der Waals surface area (Å²) in [5.41, 5.74) is 6.01. The van der Waals surface area contributed by atoms with E-state index in [0.717, 1.165) is 32.8 Å². The second-order valence-corrected chi connectivity index (χ2v) is 11.7. The summed E-state index contributed by atoms with van der Waals surface area (Å²) in [5.74, 6) is -0.828. The minimum atomic E-state index is -0.476. The fourth-order valence-electron chi connectivity index (χ4n) is 6.62. The van der Waals surface area contributed by atoms with Crippen molar-refractivity contribution < 1.29 is 19.1 Å². The van der Waals surface area contributed by atoms with Crippen LogP contribution >= 0.6 is 27.5 Å². The van der Waals surface area contributed by atoms with Gasteiger partial charge in [-0.1, -0.05) is 78.3 Å². The van der Waals surface area contributed by atoms with Gasteiger partial charge in [0.05, 0.1) is 29.6 Å². The van der Waals surface area contributed by atoms with Crippen LogP contribution in [-0.4, -0.2) is 30.1 Å². The first-order valence-corrected chi connectivity index (χ1v) is 14.5. The molecule has 0 saturated carbocycles. The Morgan fingerprint density at radius 1 is 0.854 bits per heavy atom. The van der Waals surface area contributed by atoms with Gasteiger partial charge >= 0.3 is 0 Å². The van der Waals surface area contributed by atoms with Crippen molar-refractivity contribution in [2.75, 3.05) is 7.11 Å². The standard InChI is InChI=1S/C33H24BrClN2O4/c1-40-26-15-18(14-24(34)31(26)41-17-19-8-2-7-13-25(19)35)16-36-37-32(38)29-27-20-9-3-4-10-21(20)28(30(29)33(37)39)23-12-6-5-11-22(23)27/h2-16,27-30H,17H2,1H3/b36-16-/t27?,28?,29-,30-/m1/s1. The van der Waals surface area contributed by atoms with E-state index in [1.54, 1.807) is 19.2 Å². The lowest BCUT2D eigenvalue weighted by Crippen LogP contribution is -2.41. The van der Waals surface area contributed by atoms with E-state index >= 15 is 0 Å². The second kappa shape index (κ2) is 10.2. The summed E-state index contributed by atoms with van der Waals surface area (Å²) in [6.07, 6.45) is 1.51. The molecule has 4 aliphatic rings. The number of amides is 2. The molecular weight excluding hydrogens is 604 g/mol. The molecular formula is C33H24BrClN2O4. The van der Waals surface area contributed by atoms with Crippen LogP contribution in [0.2, 0.25) is 5.02 Å². The van der Waals surface area contributed by atoms with Crippen LogP contribution in [0.5, 0.6) is 11.5 Å². The third-order valence-electron chi connectivity index (χ3n) is 8.33. The van der Waals surface area contributed by atoms with Crippen molar-refractivity contribution in [1.82, 2.24) is 5.01 Å². The predicted molar refractivity (Wildman–Crippen MR) is 159 cm³/mol. The van der Waals surface area contributed by atoms with Gasteiger partial charge in [-0.05, 0) is 61.9 Å². The molecule has 0 spiro atoms. The summed E-state index contributed by atoms with van der Waals surface area (Å²) >= 11 is 9.84. The summed E-state index contributed by atoms with van der Waals surface area (Å²) in [7, 11) is 1.55. The van der Waals surface area contributed by atoms with Gasteiger partial charge in [-0.25, -0.2) is 0 Å². The van der Waals surface area contributed by atoms with Crippen LogP contribution in [0.15, 0.2) is 94.5 Å². The maximum Gasteiger partial charge on any atom is 0.254 e. The monoisotopic (exact) mass is 626 g/mol. The summed E-state index contributed by atoms with van der Waals surface area (Å²) < 4.78 is 12.3. The van der Waals surface area contributed by atoms with Crippen LogP contribution in [0, 0.1) is 11.8 Å². The van der Waals surface area contributed by atoms with Crippen LogP contribution < -0.4 is 9.47 Å². The Kier molecular flexibility index (Phi) is 6.44. The first-order chi connectivity index (χ1) is 20.0. The van der Waals surface area contributed by atoms with Crippen LogP contribution in [0.4, 0.5) is 0 Å². The van der Waals surface area contributed by atoms with Crippen LogP contribution in [0.1, 0.15) is 45.2 Å². The molecule has 2 bridgehead atoms. The van der Waals surface area contributed by atoms with Crippen molar-refractivity contribution >= 4 is 45.6 Å². The minimum absolute atomic E-state index is 0.169. The number of carbonyl (C=O) groups excluding carboxylic acids is 2. The number of ether oxygens (including phenoxy) is 2. The van der Waals surface area contributed by atoms with Crippen molar-refractivity contribution in [2.45, 2.75) is 18.4 Å². The van der Waals surface area contributed by atoms with Crippen molar-refractivity contribution in [1.29, 1.82) is 0 Å². The van der Waals surface area contributed by atoms with Gasteiger partial charge in [0.2, 0.25) is 0 Å². The number of carbonyl (C=O) groups is 2. The highest BCUT2D eigenvalue weighted by molar-refractivity contribution is 9.10. The molecule has 41 heavy (non-hydrogen) atoms. The Labute approximate surface area is 250 Å². The number of nitrogens with zero attached hydrogens (tertiary/aromatic N) is 2. The van der Waals surface area contributed by atoms with Crippen molar-refractivity contribution in [3.8, 4) is 11.5 Å². The molecule has 0 unspecified atom stereocenters. The molecule has 8 rings (SSSR count). The third kappa shape index (κ3) is 4.10. The quantitative estimate of drug-likeness (QED) is 0.172. The molecule has 2 amide bonds. The Morgan fingerprint density at radius 2 is 1.39 bits per heavy atom. The molecule has 1 fully saturated rings. The normalized spacial score (nSPS) is 22.1. The molecule has 3 aliphatic carbocycles. The van der Waals surface area contributed by atoms with Gasteiger partial charge < -0.3 is 9.47 Å². The largest absolute Gasteiger partial charge is 0.493 e. The molecule has 204 valence electrons. The number of imide groups is 1. The van der Waals surface area contributed by atoms with Crippen LogP contribution in [-0.2, 0) is 16.2 Å². The van der Waals surface area contributed by atoms with E-state index in [1.807, 2.05) is 48.5 Å². The van der Waals surface area contributed by atoms with E-state index in [4.69, 9.17) is 21.1 Å². The molecule has 1 saturated heterocycles.